The number of nitrogens with two attached hydrogens (primary N) is 1. The molecule has 4 heteroatoms. The van der Waals surface area contributed by atoms with Gasteiger partial charge in [0.05, 0.1) is 19.8 Å². The van der Waals surface area contributed by atoms with Crippen molar-refractivity contribution in [2.45, 2.75) is 0 Å². The number of hydrogen-bond acceptors (Lipinski definition) is 3. The lowest BCUT2D eigenvalue weighted by Crippen LogP contribution is -2.11. The summed E-state index contributed by atoms with van der Waals surface area (Å²) in [6, 6.07) is 0. The first-order valence-corrected chi connectivity index (χ1v) is 3.21. The monoisotopic (exact) mass is 179 g/mol. The fourth-order valence-corrected chi connectivity index (χ4v) is 0.434. The van der Waals surface area contributed by atoms with Crippen LogP contribution in [0.15, 0.2) is 0 Å². The second-order valence-electron chi connectivity index (χ2n) is 1.66. The van der Waals surface area contributed by atoms with E-state index in [1.165, 1.54) is 0 Å². The Morgan fingerprint density at radius 2 is 1.82 bits per heavy atom. The Hall–Kier alpha value is -0.270. The maximum absolute atomic E-state index is 5.17. The van der Waals surface area contributed by atoms with Crippen molar-refractivity contribution in [3.8, 4) is 12.3 Å². The van der Waals surface area contributed by atoms with Crippen molar-refractivity contribution in [2.75, 3.05) is 33.0 Å². The van der Waals surface area contributed by atoms with E-state index in [0.717, 1.165) is 0 Å². The van der Waals surface area contributed by atoms with E-state index in [9.17, 15) is 0 Å². The van der Waals surface area contributed by atoms with E-state index < -0.39 is 0 Å². The fraction of sp³-hybridized carbons (Fsp3) is 0.714. The summed E-state index contributed by atoms with van der Waals surface area (Å²) < 4.78 is 9.94. The van der Waals surface area contributed by atoms with Crippen molar-refractivity contribution in [3.63, 3.8) is 0 Å². The molecule has 0 spiro atoms. The summed E-state index contributed by atoms with van der Waals surface area (Å²) in [5, 5.41) is 0. The average molecular weight is 180 g/mol. The van der Waals surface area contributed by atoms with Crippen LogP contribution in [0.3, 0.4) is 0 Å². The summed E-state index contributed by atoms with van der Waals surface area (Å²) in [6.07, 6.45) is 4.93. The summed E-state index contributed by atoms with van der Waals surface area (Å²) >= 11 is 0. The molecule has 3 nitrogen and oxygen atoms in total. The van der Waals surface area contributed by atoms with Crippen LogP contribution < -0.4 is 5.73 Å². The van der Waals surface area contributed by atoms with Crippen LogP contribution in [0.1, 0.15) is 0 Å². The molecule has 0 aliphatic heterocycles. The molecule has 0 heterocycles. The Balaban J connectivity index is 0. The van der Waals surface area contributed by atoms with Gasteiger partial charge in [0.15, 0.2) is 0 Å². The maximum Gasteiger partial charge on any atom is 0.107 e. The Kier molecular flexibility index (Phi) is 15.0. The van der Waals surface area contributed by atoms with Gasteiger partial charge in [-0.05, 0) is 0 Å². The molecule has 66 valence electrons. The van der Waals surface area contributed by atoms with Gasteiger partial charge < -0.3 is 15.2 Å². The lowest BCUT2D eigenvalue weighted by molar-refractivity contribution is 0.0637. The molecular weight excluding hydrogens is 166 g/mol. The Bertz CT molecular complexity index is 103. The molecule has 11 heavy (non-hydrogen) atoms. The Morgan fingerprint density at radius 1 is 1.18 bits per heavy atom. The van der Waals surface area contributed by atoms with Crippen molar-refractivity contribution < 1.29 is 9.47 Å². The largest absolute Gasteiger partial charge is 0.378 e. The van der Waals surface area contributed by atoms with Crippen LogP contribution in [0.4, 0.5) is 0 Å². The van der Waals surface area contributed by atoms with Gasteiger partial charge >= 0.3 is 0 Å². The van der Waals surface area contributed by atoms with E-state index in [-0.39, 0.29) is 12.4 Å². The van der Waals surface area contributed by atoms with Crippen LogP contribution in [-0.2, 0) is 9.47 Å². The van der Waals surface area contributed by atoms with Gasteiger partial charge in [0.25, 0.3) is 0 Å². The molecule has 0 bridgehead atoms. The topological polar surface area (TPSA) is 44.5 Å². The Morgan fingerprint density at radius 3 is 2.36 bits per heavy atom. The third-order valence-electron chi connectivity index (χ3n) is 0.820. The number of halogens is 1. The van der Waals surface area contributed by atoms with Crippen LogP contribution in [0, 0.1) is 12.3 Å². The average Bonchev–Trinajstić information content (AvgIpc) is 1.97. The van der Waals surface area contributed by atoms with Crippen LogP contribution >= 0.6 is 12.4 Å². The van der Waals surface area contributed by atoms with Crippen LogP contribution in [0.2, 0.25) is 0 Å². The molecular formula is C7H14ClNO2. The predicted octanol–water partition coefficient (Wildman–Crippen LogP) is 0.0333. The standard InChI is InChI=1S/C7H13NO2.ClH/c1-2-4-9-6-7-10-5-3-8;/h1H,3-8H2;1H. The second kappa shape index (κ2) is 12.4. The van der Waals surface area contributed by atoms with Crippen molar-refractivity contribution in [3.05, 3.63) is 0 Å². The second-order valence-corrected chi connectivity index (χ2v) is 1.66. The molecule has 0 rings (SSSR count). The van der Waals surface area contributed by atoms with Gasteiger partial charge in [-0.15, -0.1) is 18.8 Å². The molecule has 2 N–H and O–H groups in total. The molecule has 0 saturated carbocycles. The van der Waals surface area contributed by atoms with Crippen molar-refractivity contribution >= 4 is 12.4 Å². The number of hydrogen-bond donors (Lipinski definition) is 1. The normalized spacial score (nSPS) is 8.36. The van der Waals surface area contributed by atoms with Gasteiger partial charge in [-0.25, -0.2) is 0 Å². The molecule has 0 unspecified atom stereocenters. The highest BCUT2D eigenvalue weighted by Gasteiger charge is 1.84. The van der Waals surface area contributed by atoms with Gasteiger partial charge in [-0.3, -0.25) is 0 Å². The third-order valence-corrected chi connectivity index (χ3v) is 0.820. The van der Waals surface area contributed by atoms with Crippen LogP contribution in [0.5, 0.6) is 0 Å². The summed E-state index contributed by atoms with van der Waals surface area (Å²) in [6.45, 7) is 2.60. The van der Waals surface area contributed by atoms with Crippen LogP contribution in [0.25, 0.3) is 0 Å². The quantitative estimate of drug-likeness (QED) is 0.463. The van der Waals surface area contributed by atoms with Gasteiger partial charge in [0.2, 0.25) is 0 Å². The number of ether oxygens (including phenoxy) is 2. The molecule has 0 atom stereocenters. The molecule has 0 aromatic rings. The summed E-state index contributed by atoms with van der Waals surface area (Å²) in [5.74, 6) is 2.36. The molecule has 0 radical (unpaired) electrons. The fourth-order valence-electron chi connectivity index (χ4n) is 0.434. The zero-order valence-electron chi connectivity index (χ0n) is 6.41. The van der Waals surface area contributed by atoms with Crippen molar-refractivity contribution in [2.24, 2.45) is 5.73 Å². The van der Waals surface area contributed by atoms with E-state index in [1.54, 1.807) is 0 Å². The van der Waals surface area contributed by atoms with E-state index in [2.05, 4.69) is 5.92 Å². The lowest BCUT2D eigenvalue weighted by atomic mass is 10.7. The van der Waals surface area contributed by atoms with Gasteiger partial charge in [-0.2, -0.15) is 0 Å². The minimum atomic E-state index is 0. The van der Waals surface area contributed by atoms with Gasteiger partial charge in [-0.1, -0.05) is 5.92 Å². The zero-order valence-corrected chi connectivity index (χ0v) is 7.23. The first-order chi connectivity index (χ1) is 4.91. The minimum Gasteiger partial charge on any atom is -0.378 e. The molecule has 0 amide bonds. The van der Waals surface area contributed by atoms with Crippen molar-refractivity contribution in [1.29, 1.82) is 0 Å². The third kappa shape index (κ3) is 12.8. The predicted molar refractivity (Wildman–Crippen MR) is 46.8 cm³/mol. The highest BCUT2D eigenvalue weighted by atomic mass is 35.5. The van der Waals surface area contributed by atoms with E-state index in [4.69, 9.17) is 21.6 Å². The summed E-state index contributed by atoms with van der Waals surface area (Å²) in [5.41, 5.74) is 5.17. The lowest BCUT2D eigenvalue weighted by Gasteiger charge is -2.00. The van der Waals surface area contributed by atoms with E-state index in [1.807, 2.05) is 0 Å². The molecule has 0 fully saturated rings. The van der Waals surface area contributed by atoms with Gasteiger partial charge in [0.1, 0.15) is 6.61 Å². The minimum absolute atomic E-state index is 0. The molecule has 0 aliphatic rings. The number of terminal acetylenes is 1. The smallest absolute Gasteiger partial charge is 0.107 e. The Labute approximate surface area is 73.6 Å². The molecule has 0 aromatic carbocycles. The first kappa shape index (κ1) is 13.3. The molecule has 0 aliphatic carbocycles. The summed E-state index contributed by atoms with van der Waals surface area (Å²) in [4.78, 5) is 0. The number of rotatable bonds is 6. The zero-order chi connectivity index (χ0) is 7.66. The van der Waals surface area contributed by atoms with Gasteiger partial charge in [0, 0.05) is 6.54 Å². The first-order valence-electron chi connectivity index (χ1n) is 3.21. The molecule has 0 aromatic heterocycles. The molecule has 0 saturated heterocycles. The maximum atomic E-state index is 5.17. The highest BCUT2D eigenvalue weighted by molar-refractivity contribution is 5.85. The van der Waals surface area contributed by atoms with E-state index in [0.29, 0.717) is 33.0 Å². The summed E-state index contributed by atoms with van der Waals surface area (Å²) in [7, 11) is 0. The van der Waals surface area contributed by atoms with E-state index >= 15 is 0 Å². The highest BCUT2D eigenvalue weighted by Crippen LogP contribution is 1.75. The SMILES string of the molecule is C#CCOCCOCCN.Cl. The van der Waals surface area contributed by atoms with Crippen molar-refractivity contribution in [1.82, 2.24) is 0 Å². The van der Waals surface area contributed by atoms with Crippen LogP contribution in [-0.4, -0.2) is 33.0 Å².